The summed E-state index contributed by atoms with van der Waals surface area (Å²) in [5, 5.41) is 10.8. The molecule has 0 bridgehead atoms. The Morgan fingerprint density at radius 2 is 1.83 bits per heavy atom. The molecule has 2 fully saturated rings. The summed E-state index contributed by atoms with van der Waals surface area (Å²) >= 11 is 0. The molecule has 0 aromatic carbocycles. The van der Waals surface area contributed by atoms with Gasteiger partial charge >= 0.3 is 0 Å². The number of rotatable bonds is 4. The second-order valence-corrected chi connectivity index (χ2v) is 5.52. The normalized spacial score (nSPS) is 28.2. The van der Waals surface area contributed by atoms with Gasteiger partial charge in [0.05, 0.1) is 19.8 Å². The van der Waals surface area contributed by atoms with Crippen molar-refractivity contribution in [1.82, 2.24) is 9.80 Å². The molecule has 2 saturated heterocycles. The van der Waals surface area contributed by atoms with E-state index in [4.69, 9.17) is 9.47 Å². The highest BCUT2D eigenvalue weighted by Gasteiger charge is 2.39. The lowest BCUT2D eigenvalue weighted by Gasteiger charge is -2.42. The van der Waals surface area contributed by atoms with Crippen molar-refractivity contribution in [2.75, 3.05) is 60.1 Å². The van der Waals surface area contributed by atoms with Crippen LogP contribution in [0.1, 0.15) is 12.8 Å². The predicted molar refractivity (Wildman–Crippen MR) is 69.4 cm³/mol. The minimum Gasteiger partial charge on any atom is -0.379 e. The average molecular weight is 258 g/mol. The van der Waals surface area contributed by atoms with E-state index in [0.29, 0.717) is 6.54 Å². The Bertz CT molecular complexity index is 251. The Labute approximate surface area is 110 Å². The zero-order valence-electron chi connectivity index (χ0n) is 11.6. The van der Waals surface area contributed by atoms with Crippen molar-refractivity contribution >= 4 is 0 Å². The average Bonchev–Trinajstić information content (AvgIpc) is 2.40. The first-order chi connectivity index (χ1) is 8.64. The van der Waals surface area contributed by atoms with Gasteiger partial charge in [-0.3, -0.25) is 4.90 Å². The standard InChI is InChI=1S/C13H26N2O3/c1-14-5-3-12(4-6-14)13(16,17-2)11-15-7-9-18-10-8-15/h12,16H,3-11H2,1-2H3. The highest BCUT2D eigenvalue weighted by molar-refractivity contribution is 4.85. The lowest BCUT2D eigenvalue weighted by Crippen LogP contribution is -2.54. The van der Waals surface area contributed by atoms with Crippen LogP contribution in [0.3, 0.4) is 0 Å². The Morgan fingerprint density at radius 1 is 1.22 bits per heavy atom. The molecule has 2 rings (SSSR count). The summed E-state index contributed by atoms with van der Waals surface area (Å²) in [7, 11) is 3.75. The molecule has 106 valence electrons. The topological polar surface area (TPSA) is 45.2 Å². The summed E-state index contributed by atoms with van der Waals surface area (Å²) in [5.74, 6) is -0.764. The highest BCUT2D eigenvalue weighted by atomic mass is 16.6. The minimum absolute atomic E-state index is 0.238. The quantitative estimate of drug-likeness (QED) is 0.719. The summed E-state index contributed by atoms with van der Waals surface area (Å²) < 4.78 is 10.8. The molecule has 0 radical (unpaired) electrons. The Kier molecular flexibility index (Phi) is 4.98. The van der Waals surface area contributed by atoms with E-state index in [1.807, 2.05) is 0 Å². The first-order valence-electron chi connectivity index (χ1n) is 6.90. The zero-order valence-corrected chi connectivity index (χ0v) is 11.6. The summed E-state index contributed by atoms with van der Waals surface area (Å²) in [6, 6.07) is 0. The number of likely N-dealkylation sites (tertiary alicyclic amines) is 1. The van der Waals surface area contributed by atoms with Gasteiger partial charge in [0, 0.05) is 26.1 Å². The van der Waals surface area contributed by atoms with Crippen molar-refractivity contribution < 1.29 is 14.6 Å². The molecule has 18 heavy (non-hydrogen) atoms. The largest absolute Gasteiger partial charge is 0.379 e. The Morgan fingerprint density at radius 3 is 2.39 bits per heavy atom. The summed E-state index contributed by atoms with van der Waals surface area (Å²) in [5.41, 5.74) is 0. The zero-order chi connectivity index (χ0) is 13.0. The maximum atomic E-state index is 10.8. The predicted octanol–water partition coefficient (Wildman–Crippen LogP) is -0.00460. The SMILES string of the molecule is COC(O)(CN1CCOCC1)C1CCN(C)CC1. The van der Waals surface area contributed by atoms with E-state index in [1.54, 1.807) is 7.11 Å². The molecule has 0 aromatic heterocycles. The first-order valence-corrected chi connectivity index (χ1v) is 6.90. The van der Waals surface area contributed by atoms with Crippen molar-refractivity contribution in [2.45, 2.75) is 18.6 Å². The second kappa shape index (κ2) is 6.30. The number of hydrogen-bond donors (Lipinski definition) is 1. The van der Waals surface area contributed by atoms with Crippen LogP contribution in [0.2, 0.25) is 0 Å². The number of nitrogens with zero attached hydrogens (tertiary/aromatic N) is 2. The number of β-amino-alcohol motifs (C(OH)–C–C–N with tert-alkyl or cyclic N) is 1. The van der Waals surface area contributed by atoms with Crippen molar-refractivity contribution in [3.05, 3.63) is 0 Å². The molecule has 0 aliphatic carbocycles. The van der Waals surface area contributed by atoms with E-state index in [9.17, 15) is 5.11 Å². The molecule has 2 heterocycles. The third-order valence-corrected chi connectivity index (χ3v) is 4.26. The molecule has 1 atom stereocenters. The van der Waals surface area contributed by atoms with Crippen LogP contribution >= 0.6 is 0 Å². The van der Waals surface area contributed by atoms with Crippen LogP contribution in [-0.2, 0) is 9.47 Å². The van der Waals surface area contributed by atoms with Crippen LogP contribution in [0.5, 0.6) is 0 Å². The van der Waals surface area contributed by atoms with Crippen molar-refractivity contribution in [3.63, 3.8) is 0 Å². The van der Waals surface area contributed by atoms with Crippen LogP contribution < -0.4 is 0 Å². The van der Waals surface area contributed by atoms with Crippen molar-refractivity contribution in [1.29, 1.82) is 0 Å². The second-order valence-electron chi connectivity index (χ2n) is 5.52. The van der Waals surface area contributed by atoms with Gasteiger partial charge in [-0.2, -0.15) is 0 Å². The maximum absolute atomic E-state index is 10.8. The van der Waals surface area contributed by atoms with Gasteiger partial charge in [0.2, 0.25) is 0 Å². The molecular weight excluding hydrogens is 232 g/mol. The Hall–Kier alpha value is -0.200. The fraction of sp³-hybridized carbons (Fsp3) is 1.00. The van der Waals surface area contributed by atoms with Gasteiger partial charge in [0.1, 0.15) is 0 Å². The van der Waals surface area contributed by atoms with Gasteiger partial charge in [-0.25, -0.2) is 0 Å². The van der Waals surface area contributed by atoms with Gasteiger partial charge in [0.25, 0.3) is 0 Å². The molecular formula is C13H26N2O3. The van der Waals surface area contributed by atoms with Crippen molar-refractivity contribution in [2.24, 2.45) is 5.92 Å². The van der Waals surface area contributed by atoms with Crippen LogP contribution in [-0.4, -0.2) is 80.8 Å². The molecule has 1 unspecified atom stereocenters. The molecule has 5 nitrogen and oxygen atoms in total. The summed E-state index contributed by atoms with van der Waals surface area (Å²) in [6.45, 7) is 5.97. The fourth-order valence-corrected chi connectivity index (χ4v) is 2.90. The maximum Gasteiger partial charge on any atom is 0.180 e. The van der Waals surface area contributed by atoms with E-state index in [-0.39, 0.29) is 5.92 Å². The number of ether oxygens (including phenoxy) is 2. The lowest BCUT2D eigenvalue weighted by molar-refractivity contribution is -0.240. The molecule has 0 saturated carbocycles. The molecule has 2 aliphatic rings. The van der Waals surface area contributed by atoms with Crippen LogP contribution in [0.15, 0.2) is 0 Å². The molecule has 2 aliphatic heterocycles. The van der Waals surface area contributed by atoms with E-state index >= 15 is 0 Å². The summed E-state index contributed by atoms with van der Waals surface area (Å²) in [4.78, 5) is 4.55. The number of morpholine rings is 1. The van der Waals surface area contributed by atoms with Crippen LogP contribution in [0, 0.1) is 5.92 Å². The molecule has 5 heteroatoms. The first kappa shape index (κ1) is 14.2. The molecule has 0 aromatic rings. The van der Waals surface area contributed by atoms with Gasteiger partial charge in [-0.05, 0) is 33.0 Å². The third-order valence-electron chi connectivity index (χ3n) is 4.26. The fourth-order valence-electron chi connectivity index (χ4n) is 2.90. The van der Waals surface area contributed by atoms with Gasteiger partial charge < -0.3 is 19.5 Å². The van der Waals surface area contributed by atoms with Gasteiger partial charge in [-0.15, -0.1) is 0 Å². The van der Waals surface area contributed by atoms with E-state index in [1.165, 1.54) is 0 Å². The summed E-state index contributed by atoms with van der Waals surface area (Å²) in [6.07, 6.45) is 2.01. The number of piperidine rings is 1. The Balaban J connectivity index is 1.91. The lowest BCUT2D eigenvalue weighted by atomic mass is 9.88. The molecule has 0 amide bonds. The number of hydrogen-bond acceptors (Lipinski definition) is 5. The van der Waals surface area contributed by atoms with E-state index < -0.39 is 5.79 Å². The van der Waals surface area contributed by atoms with Gasteiger partial charge in [0.15, 0.2) is 5.79 Å². The monoisotopic (exact) mass is 258 g/mol. The smallest absolute Gasteiger partial charge is 0.180 e. The number of aliphatic hydroxyl groups is 1. The van der Waals surface area contributed by atoms with Crippen molar-refractivity contribution in [3.8, 4) is 0 Å². The number of methoxy groups -OCH3 is 1. The van der Waals surface area contributed by atoms with Crippen LogP contribution in [0.25, 0.3) is 0 Å². The van der Waals surface area contributed by atoms with E-state index in [2.05, 4.69) is 16.8 Å². The highest BCUT2D eigenvalue weighted by Crippen LogP contribution is 2.29. The molecule has 0 spiro atoms. The third kappa shape index (κ3) is 3.42. The van der Waals surface area contributed by atoms with Gasteiger partial charge in [-0.1, -0.05) is 0 Å². The minimum atomic E-state index is -1.00. The van der Waals surface area contributed by atoms with Crippen LogP contribution in [0.4, 0.5) is 0 Å². The molecule has 1 N–H and O–H groups in total. The van der Waals surface area contributed by atoms with E-state index in [0.717, 1.165) is 52.2 Å².